The molecule has 16 heavy (non-hydrogen) atoms. The van der Waals surface area contributed by atoms with Gasteiger partial charge in [-0.05, 0) is 25.1 Å². The van der Waals surface area contributed by atoms with Crippen LogP contribution in [0.4, 0.5) is 5.69 Å². The average Bonchev–Trinajstić information content (AvgIpc) is 2.63. The molecular formula is C13H12N2O. The SMILES string of the molecule is Cc1ccc(NC2=CC(C#N)CC2=O)cc1. The average molecular weight is 212 g/mol. The van der Waals surface area contributed by atoms with E-state index in [-0.39, 0.29) is 11.7 Å². The summed E-state index contributed by atoms with van der Waals surface area (Å²) in [5.41, 5.74) is 2.59. The van der Waals surface area contributed by atoms with Gasteiger partial charge in [-0.25, -0.2) is 0 Å². The van der Waals surface area contributed by atoms with E-state index in [1.807, 2.05) is 31.2 Å². The molecule has 3 heteroatoms. The van der Waals surface area contributed by atoms with Crippen molar-refractivity contribution in [1.82, 2.24) is 0 Å². The van der Waals surface area contributed by atoms with Gasteiger partial charge in [0.25, 0.3) is 0 Å². The van der Waals surface area contributed by atoms with Crippen molar-refractivity contribution in [3.63, 3.8) is 0 Å². The van der Waals surface area contributed by atoms with Gasteiger partial charge < -0.3 is 5.32 Å². The zero-order chi connectivity index (χ0) is 11.5. The first-order valence-electron chi connectivity index (χ1n) is 5.17. The van der Waals surface area contributed by atoms with Gasteiger partial charge in [0.15, 0.2) is 5.78 Å². The Morgan fingerprint density at radius 2 is 2.06 bits per heavy atom. The van der Waals surface area contributed by atoms with E-state index in [0.717, 1.165) is 5.69 Å². The zero-order valence-electron chi connectivity index (χ0n) is 9.03. The lowest BCUT2D eigenvalue weighted by molar-refractivity contribution is -0.115. The number of rotatable bonds is 2. The number of anilines is 1. The van der Waals surface area contributed by atoms with Gasteiger partial charge in [0, 0.05) is 12.1 Å². The van der Waals surface area contributed by atoms with Crippen molar-refractivity contribution in [1.29, 1.82) is 5.26 Å². The van der Waals surface area contributed by atoms with Crippen molar-refractivity contribution < 1.29 is 4.79 Å². The summed E-state index contributed by atoms with van der Waals surface area (Å²) in [6.45, 7) is 2.01. The molecule has 80 valence electrons. The number of nitriles is 1. The van der Waals surface area contributed by atoms with Crippen LogP contribution in [0.15, 0.2) is 36.0 Å². The normalized spacial score (nSPS) is 19.1. The minimum Gasteiger partial charge on any atom is -0.353 e. The van der Waals surface area contributed by atoms with E-state index in [2.05, 4.69) is 11.4 Å². The summed E-state index contributed by atoms with van der Waals surface area (Å²) in [5, 5.41) is 11.8. The van der Waals surface area contributed by atoms with E-state index >= 15 is 0 Å². The Labute approximate surface area is 94.4 Å². The molecule has 0 fully saturated rings. The summed E-state index contributed by atoms with van der Waals surface area (Å²) in [4.78, 5) is 11.5. The van der Waals surface area contributed by atoms with Gasteiger partial charge in [-0.2, -0.15) is 5.26 Å². The number of benzene rings is 1. The number of hydrogen-bond donors (Lipinski definition) is 1. The Balaban J connectivity index is 2.14. The minimum atomic E-state index is -0.277. The molecule has 1 unspecified atom stereocenters. The Bertz CT molecular complexity index is 480. The summed E-state index contributed by atoms with van der Waals surface area (Å²) in [5.74, 6) is -0.271. The Hall–Kier alpha value is -2.08. The maximum atomic E-state index is 11.5. The van der Waals surface area contributed by atoms with Crippen molar-refractivity contribution >= 4 is 11.5 Å². The Kier molecular flexibility index (Phi) is 2.74. The number of aryl methyl sites for hydroxylation is 1. The van der Waals surface area contributed by atoms with Crippen LogP contribution < -0.4 is 5.32 Å². The second-order valence-electron chi connectivity index (χ2n) is 3.93. The topological polar surface area (TPSA) is 52.9 Å². The first-order chi connectivity index (χ1) is 7.69. The molecule has 0 spiro atoms. The molecule has 1 aliphatic rings. The van der Waals surface area contributed by atoms with E-state index in [1.54, 1.807) is 6.08 Å². The van der Waals surface area contributed by atoms with Crippen LogP contribution in [-0.4, -0.2) is 5.78 Å². The number of ketones is 1. The summed E-state index contributed by atoms with van der Waals surface area (Å²) >= 11 is 0. The molecule has 0 bridgehead atoms. The maximum absolute atomic E-state index is 11.5. The molecular weight excluding hydrogens is 200 g/mol. The fraction of sp³-hybridized carbons (Fsp3) is 0.231. The third kappa shape index (κ3) is 2.12. The number of allylic oxidation sites excluding steroid dienone is 2. The first-order valence-corrected chi connectivity index (χ1v) is 5.17. The second-order valence-corrected chi connectivity index (χ2v) is 3.93. The quantitative estimate of drug-likeness (QED) is 0.819. The van der Waals surface area contributed by atoms with Gasteiger partial charge in [-0.15, -0.1) is 0 Å². The van der Waals surface area contributed by atoms with Gasteiger partial charge in [-0.1, -0.05) is 17.7 Å². The van der Waals surface area contributed by atoms with Crippen LogP contribution >= 0.6 is 0 Å². The number of hydrogen-bond acceptors (Lipinski definition) is 3. The van der Waals surface area contributed by atoms with E-state index in [4.69, 9.17) is 5.26 Å². The van der Waals surface area contributed by atoms with Crippen molar-refractivity contribution in [2.75, 3.05) is 5.32 Å². The molecule has 0 aromatic heterocycles. The predicted octanol–water partition coefficient (Wildman–Crippen LogP) is 2.40. The molecule has 0 amide bonds. The highest BCUT2D eigenvalue weighted by Gasteiger charge is 2.23. The zero-order valence-corrected chi connectivity index (χ0v) is 9.03. The van der Waals surface area contributed by atoms with Crippen molar-refractivity contribution in [3.8, 4) is 6.07 Å². The lowest BCUT2D eigenvalue weighted by Crippen LogP contribution is -2.06. The van der Waals surface area contributed by atoms with Crippen LogP contribution in [0.3, 0.4) is 0 Å². The van der Waals surface area contributed by atoms with Gasteiger partial charge in [0.1, 0.15) is 0 Å². The van der Waals surface area contributed by atoms with Crippen LogP contribution in [0.25, 0.3) is 0 Å². The highest BCUT2D eigenvalue weighted by atomic mass is 16.1. The fourth-order valence-corrected chi connectivity index (χ4v) is 1.65. The molecule has 0 saturated heterocycles. The van der Waals surface area contributed by atoms with E-state index < -0.39 is 0 Å². The molecule has 2 rings (SSSR count). The summed E-state index contributed by atoms with van der Waals surface area (Å²) in [7, 11) is 0. The number of nitrogens with zero attached hydrogens (tertiary/aromatic N) is 1. The molecule has 0 radical (unpaired) electrons. The molecule has 0 heterocycles. The highest BCUT2D eigenvalue weighted by Crippen LogP contribution is 2.22. The van der Waals surface area contributed by atoms with Crippen LogP contribution in [-0.2, 0) is 4.79 Å². The van der Waals surface area contributed by atoms with E-state index in [1.165, 1.54) is 5.56 Å². The van der Waals surface area contributed by atoms with Crippen molar-refractivity contribution in [2.45, 2.75) is 13.3 Å². The van der Waals surface area contributed by atoms with Crippen LogP contribution in [0.1, 0.15) is 12.0 Å². The van der Waals surface area contributed by atoms with E-state index in [0.29, 0.717) is 12.1 Å². The van der Waals surface area contributed by atoms with Crippen LogP contribution in [0.5, 0.6) is 0 Å². The summed E-state index contributed by atoms with van der Waals surface area (Å²) in [6, 6.07) is 9.87. The molecule has 1 atom stereocenters. The number of Topliss-reactive ketones (excluding diaryl/α,β-unsaturated/α-hetero) is 1. The monoisotopic (exact) mass is 212 g/mol. The second kappa shape index (κ2) is 4.19. The lowest BCUT2D eigenvalue weighted by Gasteiger charge is -2.05. The lowest BCUT2D eigenvalue weighted by atomic mass is 10.1. The number of carbonyl (C=O) groups excluding carboxylic acids is 1. The summed E-state index contributed by atoms with van der Waals surface area (Å²) in [6.07, 6.45) is 1.99. The molecule has 0 aliphatic heterocycles. The highest BCUT2D eigenvalue weighted by molar-refractivity contribution is 6.00. The van der Waals surface area contributed by atoms with E-state index in [9.17, 15) is 4.79 Å². The van der Waals surface area contributed by atoms with Gasteiger partial charge in [0.2, 0.25) is 0 Å². The Morgan fingerprint density at radius 1 is 1.38 bits per heavy atom. The fourth-order valence-electron chi connectivity index (χ4n) is 1.65. The largest absolute Gasteiger partial charge is 0.353 e. The Morgan fingerprint density at radius 3 is 2.62 bits per heavy atom. The third-order valence-electron chi connectivity index (χ3n) is 2.57. The molecule has 1 aromatic carbocycles. The predicted molar refractivity (Wildman–Crippen MR) is 61.6 cm³/mol. The molecule has 0 saturated carbocycles. The standard InChI is InChI=1S/C13H12N2O/c1-9-2-4-11(5-3-9)15-12-6-10(8-14)7-13(12)16/h2-6,10,15H,7H2,1H3. The maximum Gasteiger partial charge on any atom is 0.180 e. The minimum absolute atomic E-state index is 0.00660. The first kappa shape index (κ1) is 10.4. The number of nitrogens with one attached hydrogen (secondary N) is 1. The van der Waals surface area contributed by atoms with Crippen molar-refractivity contribution in [2.24, 2.45) is 5.92 Å². The third-order valence-corrected chi connectivity index (χ3v) is 2.57. The van der Waals surface area contributed by atoms with Gasteiger partial charge >= 0.3 is 0 Å². The smallest absolute Gasteiger partial charge is 0.180 e. The summed E-state index contributed by atoms with van der Waals surface area (Å²) < 4.78 is 0. The van der Waals surface area contributed by atoms with Crippen molar-refractivity contribution in [3.05, 3.63) is 41.6 Å². The molecule has 3 nitrogen and oxygen atoms in total. The van der Waals surface area contributed by atoms with Crippen LogP contribution in [0, 0.1) is 24.2 Å². The van der Waals surface area contributed by atoms with Crippen LogP contribution in [0.2, 0.25) is 0 Å². The van der Waals surface area contributed by atoms with Gasteiger partial charge in [-0.3, -0.25) is 4.79 Å². The van der Waals surface area contributed by atoms with Gasteiger partial charge in [0.05, 0.1) is 17.7 Å². The molecule has 1 aromatic rings. The number of carbonyl (C=O) groups is 1. The molecule has 1 N–H and O–H groups in total. The molecule has 1 aliphatic carbocycles.